The Bertz CT molecular complexity index is 756. The third-order valence-electron chi connectivity index (χ3n) is 3.69. The van der Waals surface area contributed by atoms with Crippen molar-refractivity contribution in [3.05, 3.63) is 67.3 Å². The first-order valence-corrected chi connectivity index (χ1v) is 7.69. The van der Waals surface area contributed by atoms with Crippen molar-refractivity contribution < 1.29 is 14.6 Å². The maximum absolute atomic E-state index is 10.00. The topological polar surface area (TPSA) is 38.7 Å². The highest BCUT2D eigenvalue weighted by Gasteiger charge is 2.11. The Balaban J connectivity index is 1.89. The van der Waals surface area contributed by atoms with Crippen LogP contribution >= 0.6 is 0 Å². The minimum Gasteiger partial charge on any atom is -0.489 e. The largest absolute Gasteiger partial charge is 0.489 e. The van der Waals surface area contributed by atoms with Crippen molar-refractivity contribution in [2.75, 3.05) is 19.8 Å². The molecule has 3 aromatic rings. The van der Waals surface area contributed by atoms with Gasteiger partial charge in [0, 0.05) is 10.8 Å². The van der Waals surface area contributed by atoms with Gasteiger partial charge in [-0.05, 0) is 16.8 Å². The summed E-state index contributed by atoms with van der Waals surface area (Å²) in [5.74, 6) is 0.807. The van der Waals surface area contributed by atoms with Gasteiger partial charge in [-0.2, -0.15) is 0 Å². The normalized spacial score (nSPS) is 12.4. The number of hydrogen-bond donors (Lipinski definition) is 1. The van der Waals surface area contributed by atoms with E-state index in [-0.39, 0.29) is 13.2 Å². The molecule has 0 aliphatic rings. The van der Waals surface area contributed by atoms with Crippen LogP contribution < -0.4 is 4.74 Å². The van der Waals surface area contributed by atoms with Crippen molar-refractivity contribution in [3.8, 4) is 5.75 Å². The Kier molecular flexibility index (Phi) is 4.91. The van der Waals surface area contributed by atoms with E-state index in [0.717, 1.165) is 27.3 Å². The van der Waals surface area contributed by atoms with Gasteiger partial charge in [0.05, 0.1) is 13.2 Å². The molecule has 1 unspecified atom stereocenters. The summed E-state index contributed by atoms with van der Waals surface area (Å²) in [6.45, 7) is 4.43. The summed E-state index contributed by atoms with van der Waals surface area (Å²) in [5, 5.41) is 14.3. The van der Waals surface area contributed by atoms with Crippen LogP contribution in [0.4, 0.5) is 0 Å². The highest BCUT2D eigenvalue weighted by atomic mass is 16.5. The number of aliphatic hydroxyl groups is 1. The number of fused-ring (bicyclic) bond motifs is 2. The molecule has 118 valence electrons. The van der Waals surface area contributed by atoms with Gasteiger partial charge >= 0.3 is 0 Å². The van der Waals surface area contributed by atoms with Crippen LogP contribution in [-0.2, 0) is 4.74 Å². The van der Waals surface area contributed by atoms with Crippen LogP contribution in [0.5, 0.6) is 5.75 Å². The average molecular weight is 308 g/mol. The van der Waals surface area contributed by atoms with Gasteiger partial charge in [-0.25, -0.2) is 0 Å². The van der Waals surface area contributed by atoms with Crippen LogP contribution in [0.1, 0.15) is 0 Å². The maximum Gasteiger partial charge on any atom is 0.135 e. The Morgan fingerprint density at radius 2 is 1.57 bits per heavy atom. The zero-order valence-corrected chi connectivity index (χ0v) is 12.9. The monoisotopic (exact) mass is 308 g/mol. The standard InChI is InChI=1S/C20H20O3/c1-2-11-22-13-17(21)14-23-20-18-9-5-3-7-15(18)12-16-8-4-6-10-19(16)20/h2-10,12,17,21H,1,11,13-14H2. The zero-order valence-electron chi connectivity index (χ0n) is 12.9. The van der Waals surface area contributed by atoms with Gasteiger partial charge in [0.1, 0.15) is 18.5 Å². The van der Waals surface area contributed by atoms with Gasteiger partial charge in [-0.15, -0.1) is 6.58 Å². The SMILES string of the molecule is C=CCOCC(O)COc1c2ccccc2cc2ccccc12. The van der Waals surface area contributed by atoms with Gasteiger partial charge < -0.3 is 14.6 Å². The summed E-state index contributed by atoms with van der Waals surface area (Å²) in [5.41, 5.74) is 0. The highest BCUT2D eigenvalue weighted by molar-refractivity contribution is 6.05. The second-order valence-electron chi connectivity index (χ2n) is 5.44. The van der Waals surface area contributed by atoms with Crippen LogP contribution in [0.3, 0.4) is 0 Å². The van der Waals surface area contributed by atoms with Gasteiger partial charge in [0.25, 0.3) is 0 Å². The van der Waals surface area contributed by atoms with Crippen LogP contribution in [0.15, 0.2) is 67.3 Å². The van der Waals surface area contributed by atoms with E-state index >= 15 is 0 Å². The van der Waals surface area contributed by atoms with Crippen molar-refractivity contribution in [3.63, 3.8) is 0 Å². The molecule has 3 aromatic carbocycles. The van der Waals surface area contributed by atoms with Crippen molar-refractivity contribution >= 4 is 21.5 Å². The molecule has 0 spiro atoms. The maximum atomic E-state index is 10.00. The van der Waals surface area contributed by atoms with E-state index in [1.807, 2.05) is 36.4 Å². The minimum absolute atomic E-state index is 0.190. The molecule has 0 aliphatic carbocycles. The minimum atomic E-state index is -0.673. The lowest BCUT2D eigenvalue weighted by atomic mass is 10.0. The number of ether oxygens (including phenoxy) is 2. The van der Waals surface area contributed by atoms with E-state index in [4.69, 9.17) is 9.47 Å². The zero-order chi connectivity index (χ0) is 16.1. The lowest BCUT2D eigenvalue weighted by Crippen LogP contribution is -2.23. The summed E-state index contributed by atoms with van der Waals surface area (Å²) >= 11 is 0. The molecule has 3 nitrogen and oxygen atoms in total. The second kappa shape index (κ2) is 7.27. The fraction of sp³-hybridized carbons (Fsp3) is 0.200. The number of benzene rings is 3. The molecule has 0 aliphatic heterocycles. The molecule has 0 fully saturated rings. The van der Waals surface area contributed by atoms with Crippen LogP contribution in [-0.4, -0.2) is 31.0 Å². The van der Waals surface area contributed by atoms with Crippen LogP contribution in [0.2, 0.25) is 0 Å². The van der Waals surface area contributed by atoms with Gasteiger partial charge in [-0.3, -0.25) is 0 Å². The molecule has 23 heavy (non-hydrogen) atoms. The van der Waals surface area contributed by atoms with Crippen molar-refractivity contribution in [2.45, 2.75) is 6.10 Å². The first-order chi connectivity index (χ1) is 11.3. The lowest BCUT2D eigenvalue weighted by molar-refractivity contribution is 0.0220. The predicted molar refractivity (Wildman–Crippen MR) is 94.0 cm³/mol. The fourth-order valence-electron chi connectivity index (χ4n) is 2.64. The van der Waals surface area contributed by atoms with Gasteiger partial charge in [0.15, 0.2) is 0 Å². The third-order valence-corrected chi connectivity index (χ3v) is 3.69. The highest BCUT2D eigenvalue weighted by Crippen LogP contribution is 2.34. The number of aliphatic hydroxyl groups excluding tert-OH is 1. The molecule has 0 aromatic heterocycles. The number of hydrogen-bond acceptors (Lipinski definition) is 3. The van der Waals surface area contributed by atoms with E-state index in [2.05, 4.69) is 24.8 Å². The van der Waals surface area contributed by atoms with Crippen LogP contribution in [0, 0.1) is 0 Å². The molecule has 1 atom stereocenters. The molecule has 3 rings (SSSR count). The van der Waals surface area contributed by atoms with Gasteiger partial charge in [-0.1, -0.05) is 54.6 Å². The molecule has 0 saturated carbocycles. The fourth-order valence-corrected chi connectivity index (χ4v) is 2.64. The van der Waals surface area contributed by atoms with Crippen molar-refractivity contribution in [2.24, 2.45) is 0 Å². The molecule has 0 amide bonds. The molecule has 1 N–H and O–H groups in total. The Morgan fingerprint density at radius 1 is 0.957 bits per heavy atom. The Labute approximate surface area is 135 Å². The quantitative estimate of drug-likeness (QED) is 0.408. The van der Waals surface area contributed by atoms with E-state index in [9.17, 15) is 5.11 Å². The van der Waals surface area contributed by atoms with E-state index in [1.165, 1.54) is 0 Å². The first kappa shape index (κ1) is 15.5. The molecule has 0 heterocycles. The Morgan fingerprint density at radius 3 is 2.17 bits per heavy atom. The molecule has 0 bridgehead atoms. The van der Waals surface area contributed by atoms with Crippen molar-refractivity contribution in [1.29, 1.82) is 0 Å². The lowest BCUT2D eigenvalue weighted by Gasteiger charge is -2.16. The summed E-state index contributed by atoms with van der Waals surface area (Å²) < 4.78 is 11.2. The molecule has 0 radical (unpaired) electrons. The second-order valence-corrected chi connectivity index (χ2v) is 5.44. The summed E-state index contributed by atoms with van der Waals surface area (Å²) in [6, 6.07) is 18.4. The summed E-state index contributed by atoms with van der Waals surface area (Å²) in [7, 11) is 0. The molecule has 3 heteroatoms. The molecule has 0 saturated heterocycles. The van der Waals surface area contributed by atoms with E-state index in [0.29, 0.717) is 6.61 Å². The van der Waals surface area contributed by atoms with Gasteiger partial charge in [0.2, 0.25) is 0 Å². The van der Waals surface area contributed by atoms with Crippen LogP contribution in [0.25, 0.3) is 21.5 Å². The first-order valence-electron chi connectivity index (χ1n) is 7.69. The smallest absolute Gasteiger partial charge is 0.135 e. The number of rotatable bonds is 7. The summed E-state index contributed by atoms with van der Waals surface area (Å²) in [6.07, 6.45) is 0.985. The Hall–Kier alpha value is -2.36. The average Bonchev–Trinajstić information content (AvgIpc) is 2.59. The molecular weight excluding hydrogens is 288 g/mol. The third kappa shape index (κ3) is 3.52. The summed E-state index contributed by atoms with van der Waals surface area (Å²) in [4.78, 5) is 0. The van der Waals surface area contributed by atoms with Crippen molar-refractivity contribution in [1.82, 2.24) is 0 Å². The van der Waals surface area contributed by atoms with E-state index in [1.54, 1.807) is 6.08 Å². The molecular formula is C20H20O3. The van der Waals surface area contributed by atoms with E-state index < -0.39 is 6.10 Å². The predicted octanol–water partition coefficient (Wildman–Crippen LogP) is 3.94.